The van der Waals surface area contributed by atoms with Gasteiger partial charge in [-0.3, -0.25) is 0 Å². The van der Waals surface area contributed by atoms with Crippen LogP contribution in [0.2, 0.25) is 0 Å². The highest BCUT2D eigenvalue weighted by atomic mass is 16.5. The Morgan fingerprint density at radius 1 is 0.643 bits per heavy atom. The van der Waals surface area contributed by atoms with Crippen molar-refractivity contribution in [3.05, 3.63) is 90.5 Å². The molecule has 1 atom stereocenters. The molecule has 0 fully saturated rings. The Labute approximate surface area is 254 Å². The number of unbranched alkanes of at least 4 members (excludes halogenated alkanes) is 6. The Morgan fingerprint density at radius 2 is 1.17 bits per heavy atom. The highest BCUT2D eigenvalue weighted by molar-refractivity contribution is 5.91. The molecule has 0 amide bonds. The molecule has 0 N–H and O–H groups in total. The van der Waals surface area contributed by atoms with Crippen LogP contribution in [0.5, 0.6) is 17.2 Å². The Balaban J connectivity index is 1.36. The molecule has 42 heavy (non-hydrogen) atoms. The maximum absolute atomic E-state index is 12.6. The van der Waals surface area contributed by atoms with Crippen molar-refractivity contribution in [2.24, 2.45) is 5.92 Å². The van der Waals surface area contributed by atoms with Crippen LogP contribution >= 0.6 is 0 Å². The topological polar surface area (TPSA) is 44.8 Å². The molecule has 3 aromatic rings. The summed E-state index contributed by atoms with van der Waals surface area (Å²) < 4.78 is 17.3. The molecular weight excluding hydrogens is 520 g/mol. The molecule has 0 unspecified atom stereocenters. The van der Waals surface area contributed by atoms with Crippen molar-refractivity contribution in [1.29, 1.82) is 0 Å². The Hall–Kier alpha value is -3.53. The molecule has 0 heterocycles. The standard InChI is InChI=1S/C38H50O4/c1-4-6-7-8-9-10-11-14-29-40-36-25-21-34(22-26-36)38(39)42-37-27-19-33(20-28-37)32-17-23-35(24-18-32)41-30-15-12-13-16-31(3)5-2/h8-9,17-28,31H,4-7,10-16,29-30H2,1-3H3/b9-8-/t31-/m0/s1. The average molecular weight is 571 g/mol. The van der Waals surface area contributed by atoms with Gasteiger partial charge in [0, 0.05) is 0 Å². The molecule has 0 saturated carbocycles. The fourth-order valence-corrected chi connectivity index (χ4v) is 4.59. The molecule has 0 aliphatic heterocycles. The van der Waals surface area contributed by atoms with E-state index < -0.39 is 0 Å². The van der Waals surface area contributed by atoms with Gasteiger partial charge in [0.15, 0.2) is 0 Å². The summed E-state index contributed by atoms with van der Waals surface area (Å²) in [4.78, 5) is 12.6. The lowest BCUT2D eigenvalue weighted by Crippen LogP contribution is -2.08. The normalized spacial score (nSPS) is 11.9. The number of allylic oxidation sites excluding steroid dienone is 2. The zero-order valence-corrected chi connectivity index (χ0v) is 26.0. The first kappa shape index (κ1) is 33.0. The van der Waals surface area contributed by atoms with Crippen LogP contribution in [0.1, 0.15) is 102 Å². The molecule has 4 heteroatoms. The van der Waals surface area contributed by atoms with Crippen LogP contribution in [0, 0.1) is 5.92 Å². The minimum Gasteiger partial charge on any atom is -0.494 e. The second-order valence-corrected chi connectivity index (χ2v) is 11.1. The lowest BCUT2D eigenvalue weighted by molar-refractivity contribution is 0.0734. The number of carbonyl (C=O) groups is 1. The van der Waals surface area contributed by atoms with Crippen molar-refractivity contribution >= 4 is 5.97 Å². The summed E-state index contributed by atoms with van der Waals surface area (Å²) in [5.74, 6) is 2.62. The van der Waals surface area contributed by atoms with Crippen LogP contribution in [0.3, 0.4) is 0 Å². The van der Waals surface area contributed by atoms with Crippen LogP contribution in [0.15, 0.2) is 84.9 Å². The molecule has 0 aromatic heterocycles. The molecule has 3 rings (SSSR count). The molecule has 0 aliphatic carbocycles. The quantitative estimate of drug-likeness (QED) is 0.0586. The minimum absolute atomic E-state index is 0.384. The zero-order valence-electron chi connectivity index (χ0n) is 26.0. The van der Waals surface area contributed by atoms with Gasteiger partial charge in [-0.2, -0.15) is 0 Å². The van der Waals surface area contributed by atoms with Crippen molar-refractivity contribution in [1.82, 2.24) is 0 Å². The highest BCUT2D eigenvalue weighted by Crippen LogP contribution is 2.25. The summed E-state index contributed by atoms with van der Waals surface area (Å²) >= 11 is 0. The first-order valence-electron chi connectivity index (χ1n) is 16.0. The van der Waals surface area contributed by atoms with E-state index in [-0.39, 0.29) is 5.97 Å². The van der Waals surface area contributed by atoms with Crippen LogP contribution in [-0.4, -0.2) is 19.2 Å². The van der Waals surface area contributed by atoms with Gasteiger partial charge < -0.3 is 14.2 Å². The number of esters is 1. The van der Waals surface area contributed by atoms with E-state index in [0.717, 1.165) is 60.8 Å². The number of hydrogen-bond donors (Lipinski definition) is 0. The molecule has 0 radical (unpaired) electrons. The van der Waals surface area contributed by atoms with E-state index in [1.165, 1.54) is 44.9 Å². The summed E-state index contributed by atoms with van der Waals surface area (Å²) in [5.41, 5.74) is 2.64. The van der Waals surface area contributed by atoms with E-state index in [4.69, 9.17) is 14.2 Å². The third kappa shape index (κ3) is 12.5. The minimum atomic E-state index is -0.384. The van der Waals surface area contributed by atoms with Crippen LogP contribution < -0.4 is 14.2 Å². The number of benzene rings is 3. The number of rotatable bonds is 20. The van der Waals surface area contributed by atoms with E-state index in [1.807, 2.05) is 48.5 Å². The smallest absolute Gasteiger partial charge is 0.343 e. The third-order valence-corrected chi connectivity index (χ3v) is 7.57. The summed E-state index contributed by atoms with van der Waals surface area (Å²) in [7, 11) is 0. The fraction of sp³-hybridized carbons (Fsp3) is 0.447. The average Bonchev–Trinajstić information content (AvgIpc) is 3.02. The van der Waals surface area contributed by atoms with Gasteiger partial charge in [-0.25, -0.2) is 4.79 Å². The summed E-state index contributed by atoms with van der Waals surface area (Å²) in [6, 6.07) is 22.9. The van der Waals surface area contributed by atoms with Gasteiger partial charge in [-0.1, -0.05) is 95.7 Å². The number of ether oxygens (including phenoxy) is 3. The number of hydrogen-bond acceptors (Lipinski definition) is 4. The van der Waals surface area contributed by atoms with E-state index in [1.54, 1.807) is 12.1 Å². The molecule has 4 nitrogen and oxygen atoms in total. The van der Waals surface area contributed by atoms with Crippen LogP contribution in [0.25, 0.3) is 11.1 Å². The van der Waals surface area contributed by atoms with Crippen molar-refractivity contribution < 1.29 is 19.0 Å². The molecule has 226 valence electrons. The van der Waals surface area contributed by atoms with E-state index in [9.17, 15) is 4.79 Å². The first-order valence-corrected chi connectivity index (χ1v) is 16.0. The summed E-state index contributed by atoms with van der Waals surface area (Å²) in [5, 5.41) is 0. The lowest BCUT2D eigenvalue weighted by Gasteiger charge is -2.10. The van der Waals surface area contributed by atoms with Gasteiger partial charge in [-0.15, -0.1) is 0 Å². The molecule has 0 spiro atoms. The fourth-order valence-electron chi connectivity index (χ4n) is 4.59. The third-order valence-electron chi connectivity index (χ3n) is 7.57. The molecule has 0 bridgehead atoms. The summed E-state index contributed by atoms with van der Waals surface area (Å²) in [6.45, 7) is 8.23. The van der Waals surface area contributed by atoms with Gasteiger partial charge >= 0.3 is 5.97 Å². The molecule has 0 saturated heterocycles. The largest absolute Gasteiger partial charge is 0.494 e. The zero-order chi connectivity index (χ0) is 29.8. The van der Waals surface area contributed by atoms with E-state index in [2.05, 4.69) is 45.1 Å². The predicted octanol–water partition coefficient (Wildman–Crippen LogP) is 10.9. The van der Waals surface area contributed by atoms with Gasteiger partial charge in [0.25, 0.3) is 0 Å². The maximum atomic E-state index is 12.6. The van der Waals surface area contributed by atoms with Gasteiger partial charge in [0.05, 0.1) is 18.8 Å². The first-order chi connectivity index (χ1) is 20.6. The monoisotopic (exact) mass is 570 g/mol. The molecule has 3 aromatic carbocycles. The second kappa shape index (κ2) is 19.6. The Bertz CT molecular complexity index is 1160. The summed E-state index contributed by atoms with van der Waals surface area (Å²) in [6.07, 6.45) is 17.6. The Morgan fingerprint density at radius 3 is 1.74 bits per heavy atom. The van der Waals surface area contributed by atoms with Crippen molar-refractivity contribution in [3.8, 4) is 28.4 Å². The van der Waals surface area contributed by atoms with Gasteiger partial charge in [-0.05, 0) is 97.7 Å². The van der Waals surface area contributed by atoms with Crippen LogP contribution in [0.4, 0.5) is 0 Å². The molecule has 0 aliphatic rings. The predicted molar refractivity (Wildman–Crippen MR) is 175 cm³/mol. The highest BCUT2D eigenvalue weighted by Gasteiger charge is 2.09. The SMILES string of the molecule is CCCC/C=C\CCCCOc1ccc(C(=O)Oc2ccc(-c3ccc(OCCCCC[C@@H](C)CC)cc3)cc2)cc1. The van der Waals surface area contributed by atoms with Crippen molar-refractivity contribution in [2.75, 3.05) is 13.2 Å². The Kier molecular flexibility index (Phi) is 15.4. The molecular formula is C38H50O4. The van der Waals surface area contributed by atoms with Crippen molar-refractivity contribution in [2.45, 2.75) is 91.4 Å². The lowest BCUT2D eigenvalue weighted by atomic mass is 10.0. The van der Waals surface area contributed by atoms with Gasteiger partial charge in [0.2, 0.25) is 0 Å². The number of carbonyl (C=O) groups excluding carboxylic acids is 1. The van der Waals surface area contributed by atoms with Crippen LogP contribution in [-0.2, 0) is 0 Å². The maximum Gasteiger partial charge on any atom is 0.343 e. The van der Waals surface area contributed by atoms with Crippen molar-refractivity contribution in [3.63, 3.8) is 0 Å². The second-order valence-electron chi connectivity index (χ2n) is 11.1. The van der Waals surface area contributed by atoms with E-state index >= 15 is 0 Å². The van der Waals surface area contributed by atoms with E-state index in [0.29, 0.717) is 17.9 Å². The van der Waals surface area contributed by atoms with Gasteiger partial charge in [0.1, 0.15) is 17.2 Å².